The Morgan fingerprint density at radius 2 is 2.07 bits per heavy atom. The van der Waals surface area contributed by atoms with Gasteiger partial charge in [0.1, 0.15) is 5.75 Å². The Morgan fingerprint density at radius 1 is 1.25 bits per heavy atom. The van der Waals surface area contributed by atoms with Gasteiger partial charge < -0.3 is 18.9 Å². The van der Waals surface area contributed by atoms with Crippen molar-refractivity contribution in [2.75, 3.05) is 26.8 Å². The fourth-order valence-electron chi connectivity index (χ4n) is 3.51. The van der Waals surface area contributed by atoms with Crippen LogP contribution in [-0.4, -0.2) is 53.9 Å². The molecule has 1 aromatic carbocycles. The molecule has 0 N–H and O–H groups in total. The van der Waals surface area contributed by atoms with E-state index in [2.05, 4.69) is 10.1 Å². The molecule has 1 aromatic heterocycles. The lowest BCUT2D eigenvalue weighted by Gasteiger charge is -2.32. The molecule has 1 amide bonds. The lowest BCUT2D eigenvalue weighted by molar-refractivity contribution is -0.134. The molecule has 2 fully saturated rings. The zero-order valence-corrected chi connectivity index (χ0v) is 16.3. The van der Waals surface area contributed by atoms with Crippen LogP contribution in [0.2, 0.25) is 0 Å². The van der Waals surface area contributed by atoms with Crippen molar-refractivity contribution in [3.8, 4) is 5.75 Å². The Hall–Kier alpha value is -2.41. The molecule has 1 saturated heterocycles. The van der Waals surface area contributed by atoms with Gasteiger partial charge in [0.15, 0.2) is 5.82 Å². The second-order valence-electron chi connectivity index (χ2n) is 7.57. The number of piperidine rings is 1. The summed E-state index contributed by atoms with van der Waals surface area (Å²) in [5.41, 5.74) is 0.998. The molecule has 1 unspecified atom stereocenters. The number of rotatable bonds is 8. The van der Waals surface area contributed by atoms with Crippen LogP contribution in [0.5, 0.6) is 5.75 Å². The van der Waals surface area contributed by atoms with Crippen LogP contribution in [0.3, 0.4) is 0 Å². The number of hydrogen-bond acceptors (Lipinski definition) is 6. The maximum absolute atomic E-state index is 12.6. The van der Waals surface area contributed by atoms with Gasteiger partial charge in [0.25, 0.3) is 0 Å². The zero-order chi connectivity index (χ0) is 19.3. The molecule has 1 atom stereocenters. The number of likely N-dealkylation sites (tertiary alicyclic amines) is 1. The highest BCUT2D eigenvalue weighted by molar-refractivity contribution is 5.79. The summed E-state index contributed by atoms with van der Waals surface area (Å²) < 4.78 is 16.4. The molecule has 0 bridgehead atoms. The van der Waals surface area contributed by atoms with E-state index in [-0.39, 0.29) is 12.0 Å². The van der Waals surface area contributed by atoms with Crippen molar-refractivity contribution in [1.82, 2.24) is 15.0 Å². The maximum Gasteiger partial charge on any atom is 0.229 e. The normalized spacial score (nSPS) is 19.6. The van der Waals surface area contributed by atoms with Gasteiger partial charge in [0, 0.05) is 25.4 Å². The fourth-order valence-corrected chi connectivity index (χ4v) is 3.51. The average Bonchev–Trinajstić information content (AvgIpc) is 3.47. The molecule has 150 valence electrons. The molecule has 2 aromatic rings. The van der Waals surface area contributed by atoms with E-state index in [0.717, 1.165) is 49.4 Å². The predicted molar refractivity (Wildman–Crippen MR) is 102 cm³/mol. The highest BCUT2D eigenvalue weighted by atomic mass is 16.5. The number of aromatic nitrogens is 2. The van der Waals surface area contributed by atoms with E-state index < -0.39 is 0 Å². The highest BCUT2D eigenvalue weighted by Crippen LogP contribution is 2.38. The van der Waals surface area contributed by atoms with Crippen LogP contribution < -0.4 is 4.74 Å². The third kappa shape index (κ3) is 4.90. The zero-order valence-electron chi connectivity index (χ0n) is 16.3. The van der Waals surface area contributed by atoms with Crippen molar-refractivity contribution in [2.45, 2.75) is 50.5 Å². The smallest absolute Gasteiger partial charge is 0.229 e. The minimum Gasteiger partial charge on any atom is -0.497 e. The van der Waals surface area contributed by atoms with Crippen LogP contribution in [0, 0.1) is 0 Å². The van der Waals surface area contributed by atoms with Crippen molar-refractivity contribution < 1.29 is 18.8 Å². The monoisotopic (exact) mass is 385 g/mol. The van der Waals surface area contributed by atoms with Crippen LogP contribution in [0.4, 0.5) is 0 Å². The molecular weight excluding hydrogens is 358 g/mol. The van der Waals surface area contributed by atoms with Crippen molar-refractivity contribution >= 4 is 5.91 Å². The first-order valence-electron chi connectivity index (χ1n) is 10.1. The Bertz CT molecular complexity index is 785. The van der Waals surface area contributed by atoms with Gasteiger partial charge in [0.05, 0.1) is 26.2 Å². The van der Waals surface area contributed by atoms with Gasteiger partial charge in [-0.15, -0.1) is 0 Å². The number of ether oxygens (including phenoxy) is 2. The van der Waals surface area contributed by atoms with Gasteiger partial charge in [0.2, 0.25) is 11.8 Å². The van der Waals surface area contributed by atoms with Crippen LogP contribution in [0.15, 0.2) is 28.8 Å². The lowest BCUT2D eigenvalue weighted by Crippen LogP contribution is -2.44. The van der Waals surface area contributed by atoms with Gasteiger partial charge in [-0.2, -0.15) is 4.98 Å². The third-order valence-electron chi connectivity index (χ3n) is 5.33. The summed E-state index contributed by atoms with van der Waals surface area (Å²) in [7, 11) is 1.64. The van der Waals surface area contributed by atoms with Gasteiger partial charge in [-0.3, -0.25) is 4.79 Å². The minimum absolute atomic E-state index is 0.0726. The van der Waals surface area contributed by atoms with Crippen LogP contribution in [-0.2, 0) is 22.4 Å². The largest absolute Gasteiger partial charge is 0.497 e. The Balaban J connectivity index is 1.22. The van der Waals surface area contributed by atoms with E-state index in [4.69, 9.17) is 14.0 Å². The molecule has 1 saturated carbocycles. The van der Waals surface area contributed by atoms with Gasteiger partial charge in [-0.25, -0.2) is 0 Å². The van der Waals surface area contributed by atoms with Crippen molar-refractivity contribution in [1.29, 1.82) is 0 Å². The predicted octanol–water partition coefficient (Wildman–Crippen LogP) is 2.75. The summed E-state index contributed by atoms with van der Waals surface area (Å²) in [6, 6.07) is 7.65. The fraction of sp³-hybridized carbons (Fsp3) is 0.571. The number of methoxy groups -OCH3 is 1. The molecule has 7 heteroatoms. The van der Waals surface area contributed by atoms with E-state index in [9.17, 15) is 4.79 Å². The average molecular weight is 385 g/mol. The maximum atomic E-state index is 12.6. The van der Waals surface area contributed by atoms with Crippen LogP contribution in [0.1, 0.15) is 48.9 Å². The first kappa shape index (κ1) is 18.9. The number of carbonyl (C=O) groups excluding carboxylic acids is 1. The second kappa shape index (κ2) is 8.73. The van der Waals surface area contributed by atoms with Gasteiger partial charge in [-0.1, -0.05) is 17.3 Å². The topological polar surface area (TPSA) is 77.7 Å². The standard InChI is InChI=1S/C21H27N3O4/c1-26-17-8-4-15(5-9-17)13-20(25)24-11-2-3-18(14-24)27-12-10-19-22-21(28-23-19)16-6-7-16/h4-5,8-9,16,18H,2-3,6-7,10-14H2,1H3. The van der Waals surface area contributed by atoms with Crippen molar-refractivity contribution in [3.63, 3.8) is 0 Å². The molecule has 0 radical (unpaired) electrons. The van der Waals surface area contributed by atoms with E-state index in [0.29, 0.717) is 37.7 Å². The summed E-state index contributed by atoms with van der Waals surface area (Å²) in [6.07, 6.45) is 5.37. The molecule has 28 heavy (non-hydrogen) atoms. The van der Waals surface area contributed by atoms with Gasteiger partial charge in [-0.05, 0) is 43.4 Å². The summed E-state index contributed by atoms with van der Waals surface area (Å²) in [4.78, 5) is 19.0. The number of benzene rings is 1. The van der Waals surface area contributed by atoms with Gasteiger partial charge >= 0.3 is 0 Å². The third-order valence-corrected chi connectivity index (χ3v) is 5.33. The molecule has 1 aliphatic carbocycles. The summed E-state index contributed by atoms with van der Waals surface area (Å²) in [5, 5.41) is 4.02. The molecule has 4 rings (SSSR count). The number of amides is 1. The quantitative estimate of drug-likeness (QED) is 0.695. The van der Waals surface area contributed by atoms with E-state index >= 15 is 0 Å². The number of hydrogen-bond donors (Lipinski definition) is 0. The summed E-state index contributed by atoms with van der Waals surface area (Å²) in [6.45, 7) is 1.99. The molecule has 2 heterocycles. The van der Waals surface area contributed by atoms with Crippen LogP contribution in [0.25, 0.3) is 0 Å². The highest BCUT2D eigenvalue weighted by Gasteiger charge is 2.29. The van der Waals surface area contributed by atoms with E-state index in [1.165, 1.54) is 0 Å². The number of carbonyl (C=O) groups is 1. The van der Waals surface area contributed by atoms with E-state index in [1.807, 2.05) is 29.2 Å². The summed E-state index contributed by atoms with van der Waals surface area (Å²) >= 11 is 0. The molecule has 7 nitrogen and oxygen atoms in total. The van der Waals surface area contributed by atoms with E-state index in [1.54, 1.807) is 7.11 Å². The Morgan fingerprint density at radius 3 is 2.82 bits per heavy atom. The van der Waals surface area contributed by atoms with Crippen LogP contribution >= 0.6 is 0 Å². The molecule has 2 aliphatic rings. The number of nitrogens with zero attached hydrogens (tertiary/aromatic N) is 3. The molecule has 1 aliphatic heterocycles. The Kier molecular flexibility index (Phi) is 5.90. The molecule has 0 spiro atoms. The lowest BCUT2D eigenvalue weighted by atomic mass is 10.1. The SMILES string of the molecule is COc1ccc(CC(=O)N2CCCC(OCCc3noc(C4CC4)n3)C2)cc1. The van der Waals surface area contributed by atoms with Crippen molar-refractivity contribution in [3.05, 3.63) is 41.5 Å². The second-order valence-corrected chi connectivity index (χ2v) is 7.57. The first-order valence-corrected chi connectivity index (χ1v) is 10.1. The minimum atomic E-state index is 0.0726. The first-order chi connectivity index (χ1) is 13.7. The Labute approximate surface area is 165 Å². The van der Waals surface area contributed by atoms with Crippen molar-refractivity contribution in [2.24, 2.45) is 0 Å². The molecular formula is C21H27N3O4. The summed E-state index contributed by atoms with van der Waals surface area (Å²) in [5.74, 6) is 2.90.